The number of halogens is 2. The fourth-order valence-corrected chi connectivity index (χ4v) is 1.51. The van der Waals surface area contributed by atoms with Crippen molar-refractivity contribution in [2.24, 2.45) is 0 Å². The van der Waals surface area contributed by atoms with E-state index in [4.69, 9.17) is 5.73 Å². The molecule has 0 aliphatic carbocycles. The number of hydrogen-bond acceptors (Lipinski definition) is 4. The summed E-state index contributed by atoms with van der Waals surface area (Å²) in [5.74, 6) is -0.996. The number of anilines is 2. The van der Waals surface area contributed by atoms with Crippen molar-refractivity contribution in [3.8, 4) is 0 Å². The molecule has 1 unspecified atom stereocenters. The molecule has 0 aliphatic heterocycles. The molecule has 1 rings (SSSR count). The number of ether oxygens (including phenoxy) is 1. The molecule has 1 atom stereocenters. The molecule has 4 nitrogen and oxygen atoms in total. The maximum atomic E-state index is 13.4. The van der Waals surface area contributed by atoms with E-state index in [1.54, 1.807) is 13.0 Å². The van der Waals surface area contributed by atoms with Gasteiger partial charge in [-0.2, -0.15) is 0 Å². The van der Waals surface area contributed by atoms with Gasteiger partial charge in [-0.25, -0.2) is 9.18 Å². The summed E-state index contributed by atoms with van der Waals surface area (Å²) in [6.45, 7) is 1.60. The normalized spacial score (nSPS) is 12.0. The summed E-state index contributed by atoms with van der Waals surface area (Å²) >= 11 is 3.01. The molecule has 0 saturated heterocycles. The second kappa shape index (κ2) is 5.16. The minimum atomic E-state index is -0.590. The molecule has 16 heavy (non-hydrogen) atoms. The number of methoxy groups -OCH3 is 1. The van der Waals surface area contributed by atoms with Gasteiger partial charge >= 0.3 is 5.97 Å². The largest absolute Gasteiger partial charge is 0.467 e. The molecule has 0 fully saturated rings. The third-order valence-corrected chi connectivity index (χ3v) is 2.67. The lowest BCUT2D eigenvalue weighted by Crippen LogP contribution is -2.27. The van der Waals surface area contributed by atoms with E-state index in [1.807, 2.05) is 0 Å². The topological polar surface area (TPSA) is 64.3 Å². The van der Waals surface area contributed by atoms with E-state index in [0.29, 0.717) is 5.69 Å². The van der Waals surface area contributed by atoms with Gasteiger partial charge in [-0.15, -0.1) is 0 Å². The third-order valence-electron chi connectivity index (χ3n) is 2.06. The molecule has 0 saturated carbocycles. The maximum Gasteiger partial charge on any atom is 0.327 e. The molecular formula is C10H12BrFN2O2. The first-order valence-electron chi connectivity index (χ1n) is 4.55. The Kier molecular flexibility index (Phi) is 4.12. The molecule has 0 spiro atoms. The van der Waals surface area contributed by atoms with E-state index >= 15 is 0 Å². The van der Waals surface area contributed by atoms with Crippen molar-refractivity contribution >= 4 is 33.3 Å². The lowest BCUT2D eigenvalue weighted by Gasteiger charge is -2.15. The van der Waals surface area contributed by atoms with E-state index in [2.05, 4.69) is 26.0 Å². The van der Waals surface area contributed by atoms with Gasteiger partial charge in [-0.05, 0) is 35.0 Å². The first-order chi connectivity index (χ1) is 7.47. The van der Waals surface area contributed by atoms with Crippen molar-refractivity contribution in [2.75, 3.05) is 18.2 Å². The van der Waals surface area contributed by atoms with E-state index < -0.39 is 17.8 Å². The van der Waals surface area contributed by atoms with Crippen LogP contribution in [0.5, 0.6) is 0 Å². The van der Waals surface area contributed by atoms with Crippen LogP contribution in [-0.2, 0) is 9.53 Å². The van der Waals surface area contributed by atoms with Gasteiger partial charge in [0.25, 0.3) is 0 Å². The number of esters is 1. The van der Waals surface area contributed by atoms with Crippen LogP contribution in [0.3, 0.4) is 0 Å². The van der Waals surface area contributed by atoms with Crippen LogP contribution in [0.4, 0.5) is 15.8 Å². The third kappa shape index (κ3) is 2.63. The van der Waals surface area contributed by atoms with Crippen molar-refractivity contribution in [1.29, 1.82) is 0 Å². The van der Waals surface area contributed by atoms with Crippen molar-refractivity contribution in [1.82, 2.24) is 0 Å². The molecule has 0 aromatic heterocycles. The quantitative estimate of drug-likeness (QED) is 0.661. The maximum absolute atomic E-state index is 13.4. The van der Waals surface area contributed by atoms with E-state index in [1.165, 1.54) is 13.2 Å². The van der Waals surface area contributed by atoms with Gasteiger partial charge in [0.05, 0.1) is 23.0 Å². The number of carbonyl (C=O) groups excluding carboxylic acids is 1. The molecule has 0 aliphatic rings. The van der Waals surface area contributed by atoms with Gasteiger partial charge in [0.1, 0.15) is 6.04 Å². The fourth-order valence-electron chi connectivity index (χ4n) is 1.16. The van der Waals surface area contributed by atoms with Crippen LogP contribution in [0.15, 0.2) is 16.6 Å². The second-order valence-electron chi connectivity index (χ2n) is 3.21. The van der Waals surface area contributed by atoms with Crippen LogP contribution in [0.2, 0.25) is 0 Å². The second-order valence-corrected chi connectivity index (χ2v) is 4.07. The van der Waals surface area contributed by atoms with Crippen LogP contribution in [0.1, 0.15) is 6.92 Å². The molecule has 3 N–H and O–H groups in total. The number of nitrogens with one attached hydrogen (secondary N) is 1. The minimum Gasteiger partial charge on any atom is -0.467 e. The number of carbonyl (C=O) groups is 1. The summed E-state index contributed by atoms with van der Waals surface area (Å²) in [6, 6.07) is 2.51. The Labute approximate surface area is 101 Å². The van der Waals surface area contributed by atoms with Crippen molar-refractivity contribution in [3.05, 3.63) is 22.4 Å². The Balaban J connectivity index is 2.90. The minimum absolute atomic E-state index is 0.0369. The highest BCUT2D eigenvalue weighted by Gasteiger charge is 2.16. The lowest BCUT2D eigenvalue weighted by molar-refractivity contribution is -0.141. The van der Waals surface area contributed by atoms with E-state index in [0.717, 1.165) is 0 Å². The first kappa shape index (κ1) is 12.8. The van der Waals surface area contributed by atoms with Crippen LogP contribution in [0, 0.1) is 5.82 Å². The number of nitrogens with two attached hydrogens (primary N) is 1. The van der Waals surface area contributed by atoms with Gasteiger partial charge in [-0.3, -0.25) is 0 Å². The van der Waals surface area contributed by atoms with Gasteiger partial charge in [-0.1, -0.05) is 0 Å². The Morgan fingerprint density at radius 3 is 2.81 bits per heavy atom. The summed E-state index contributed by atoms with van der Waals surface area (Å²) in [6.07, 6.45) is 0. The number of rotatable bonds is 3. The van der Waals surface area contributed by atoms with Crippen LogP contribution >= 0.6 is 15.9 Å². The molecule has 0 heterocycles. The van der Waals surface area contributed by atoms with Crippen LogP contribution in [0.25, 0.3) is 0 Å². The zero-order chi connectivity index (χ0) is 12.3. The molecule has 1 aromatic carbocycles. The first-order valence-corrected chi connectivity index (χ1v) is 5.34. The average molecular weight is 291 g/mol. The summed E-state index contributed by atoms with van der Waals surface area (Å²) < 4.78 is 18.2. The highest BCUT2D eigenvalue weighted by atomic mass is 79.9. The Morgan fingerprint density at radius 1 is 1.62 bits per heavy atom. The molecule has 1 aromatic rings. The SMILES string of the molecule is COC(=O)C(C)Nc1ccc(Br)c(F)c1N. The van der Waals surface area contributed by atoms with Crippen LogP contribution < -0.4 is 11.1 Å². The van der Waals surface area contributed by atoms with Gasteiger partial charge in [0, 0.05) is 0 Å². The molecule has 0 radical (unpaired) electrons. The highest BCUT2D eigenvalue weighted by molar-refractivity contribution is 9.10. The summed E-state index contributed by atoms with van der Waals surface area (Å²) in [5, 5.41) is 2.77. The summed E-state index contributed by atoms with van der Waals surface area (Å²) in [4.78, 5) is 11.2. The average Bonchev–Trinajstić information content (AvgIpc) is 2.28. The summed E-state index contributed by atoms with van der Waals surface area (Å²) in [7, 11) is 1.28. The lowest BCUT2D eigenvalue weighted by atomic mass is 10.2. The molecule has 88 valence electrons. The molecular weight excluding hydrogens is 279 g/mol. The highest BCUT2D eigenvalue weighted by Crippen LogP contribution is 2.28. The predicted octanol–water partition coefficient (Wildman–Crippen LogP) is 2.14. The molecule has 6 heteroatoms. The fraction of sp³-hybridized carbons (Fsp3) is 0.300. The van der Waals surface area contributed by atoms with Crippen molar-refractivity contribution in [2.45, 2.75) is 13.0 Å². The van der Waals surface area contributed by atoms with Gasteiger partial charge in [0.2, 0.25) is 0 Å². The standard InChI is InChI=1S/C10H12BrFN2O2/c1-5(10(15)16-2)14-7-4-3-6(11)8(12)9(7)13/h3-5,14H,13H2,1-2H3. The number of benzene rings is 1. The monoisotopic (exact) mass is 290 g/mol. The Bertz CT molecular complexity index is 412. The van der Waals surface area contributed by atoms with Crippen LogP contribution in [-0.4, -0.2) is 19.1 Å². The number of nitrogen functional groups attached to an aromatic ring is 1. The molecule has 0 amide bonds. The van der Waals surface area contributed by atoms with E-state index in [-0.39, 0.29) is 10.2 Å². The van der Waals surface area contributed by atoms with Gasteiger partial charge < -0.3 is 15.8 Å². The van der Waals surface area contributed by atoms with Crippen molar-refractivity contribution in [3.63, 3.8) is 0 Å². The zero-order valence-electron chi connectivity index (χ0n) is 8.88. The zero-order valence-corrected chi connectivity index (χ0v) is 10.5. The smallest absolute Gasteiger partial charge is 0.327 e. The predicted molar refractivity (Wildman–Crippen MR) is 63.6 cm³/mol. The van der Waals surface area contributed by atoms with E-state index in [9.17, 15) is 9.18 Å². The Hall–Kier alpha value is -1.30. The number of hydrogen-bond donors (Lipinski definition) is 2. The Morgan fingerprint density at radius 2 is 2.25 bits per heavy atom. The van der Waals surface area contributed by atoms with Crippen molar-refractivity contribution < 1.29 is 13.9 Å². The molecule has 0 bridgehead atoms. The van der Waals surface area contributed by atoms with Gasteiger partial charge in [0.15, 0.2) is 5.82 Å². The summed E-state index contributed by atoms with van der Waals surface area (Å²) in [5.41, 5.74) is 5.88.